The molecule has 4 N–H and O–H groups in total. The van der Waals surface area contributed by atoms with Crippen molar-refractivity contribution in [2.24, 2.45) is 5.73 Å². The van der Waals surface area contributed by atoms with Crippen LogP contribution in [0, 0.1) is 0 Å². The predicted molar refractivity (Wildman–Crippen MR) is 82.0 cm³/mol. The van der Waals surface area contributed by atoms with Gasteiger partial charge in [0.1, 0.15) is 0 Å². The van der Waals surface area contributed by atoms with Crippen molar-refractivity contribution in [2.75, 3.05) is 13.1 Å². The van der Waals surface area contributed by atoms with Crippen LogP contribution in [0.2, 0.25) is 0 Å². The third kappa shape index (κ3) is 3.52. The van der Waals surface area contributed by atoms with Gasteiger partial charge in [-0.2, -0.15) is 0 Å². The molecule has 2 atom stereocenters. The molecule has 1 saturated heterocycles. The van der Waals surface area contributed by atoms with Gasteiger partial charge in [-0.25, -0.2) is 17.5 Å². The van der Waals surface area contributed by atoms with E-state index in [9.17, 15) is 23.1 Å². The second-order valence-electron chi connectivity index (χ2n) is 5.19. The van der Waals surface area contributed by atoms with Crippen LogP contribution < -0.4 is 11.1 Å². The van der Waals surface area contributed by atoms with Gasteiger partial charge < -0.3 is 16.2 Å². The van der Waals surface area contributed by atoms with Crippen LogP contribution in [0.3, 0.4) is 0 Å². The van der Waals surface area contributed by atoms with E-state index in [2.05, 4.69) is 5.32 Å². The number of sulfonamides is 1. The van der Waals surface area contributed by atoms with Crippen molar-refractivity contribution in [3.63, 3.8) is 0 Å². The molecule has 0 unspecified atom stereocenters. The second kappa shape index (κ2) is 7.07. The summed E-state index contributed by atoms with van der Waals surface area (Å²) < 4.78 is 26.0. The molecule has 1 aromatic carbocycles. The van der Waals surface area contributed by atoms with Crippen LogP contribution in [0.15, 0.2) is 35.2 Å². The van der Waals surface area contributed by atoms with Crippen molar-refractivity contribution >= 4 is 21.9 Å². The topological polar surface area (TPSA) is 130 Å². The summed E-state index contributed by atoms with van der Waals surface area (Å²) in [6.45, 7) is 0.0792. The zero-order valence-electron chi connectivity index (χ0n) is 12.4. The zero-order valence-corrected chi connectivity index (χ0v) is 13.2. The number of nitrogens with two attached hydrogens (primary N) is 1. The third-order valence-corrected chi connectivity index (χ3v) is 5.49. The molecule has 1 amide bonds. The molecule has 0 radical (unpaired) electrons. The molecule has 1 aliphatic rings. The number of rotatable bonds is 6. The Hall–Kier alpha value is -1.97. The maximum Gasteiger partial charge on any atom is 0.328 e. The summed E-state index contributed by atoms with van der Waals surface area (Å²) in [5.41, 5.74) is 5.43. The quantitative estimate of drug-likeness (QED) is 0.628. The van der Waals surface area contributed by atoms with E-state index in [1.54, 1.807) is 6.07 Å². The first kappa shape index (κ1) is 17.4. The molecule has 0 aliphatic carbocycles. The highest BCUT2D eigenvalue weighted by Gasteiger charge is 2.42. The maximum atomic E-state index is 12.8. The number of hydrogen-bond donors (Lipinski definition) is 3. The van der Waals surface area contributed by atoms with Crippen LogP contribution in [-0.4, -0.2) is 54.9 Å². The number of carboxylic acids is 1. The highest BCUT2D eigenvalue weighted by molar-refractivity contribution is 7.89. The monoisotopic (exact) mass is 341 g/mol. The number of carbonyl (C=O) groups is 2. The van der Waals surface area contributed by atoms with E-state index >= 15 is 0 Å². The number of amides is 1. The fraction of sp³-hybridized carbons (Fsp3) is 0.429. The van der Waals surface area contributed by atoms with Gasteiger partial charge in [-0.1, -0.05) is 18.2 Å². The fourth-order valence-corrected chi connectivity index (χ4v) is 4.09. The molecule has 2 rings (SSSR count). The van der Waals surface area contributed by atoms with Gasteiger partial charge >= 0.3 is 5.97 Å². The number of aliphatic carboxylic acids is 1. The van der Waals surface area contributed by atoms with Crippen molar-refractivity contribution in [1.29, 1.82) is 0 Å². The zero-order chi connectivity index (χ0) is 17.0. The molecular weight excluding hydrogens is 322 g/mol. The van der Waals surface area contributed by atoms with Gasteiger partial charge in [-0.3, -0.25) is 4.79 Å². The summed E-state index contributed by atoms with van der Waals surface area (Å²) in [7, 11) is -4.31. The van der Waals surface area contributed by atoms with Gasteiger partial charge in [0, 0.05) is 6.54 Å². The summed E-state index contributed by atoms with van der Waals surface area (Å²) >= 11 is 0. The average molecular weight is 341 g/mol. The highest BCUT2D eigenvalue weighted by Crippen LogP contribution is 2.21. The van der Waals surface area contributed by atoms with Gasteiger partial charge in [0.05, 0.1) is 10.9 Å². The normalized spacial score (nSPS) is 19.3. The van der Waals surface area contributed by atoms with Crippen LogP contribution in [0.4, 0.5) is 0 Å². The van der Waals surface area contributed by atoms with Crippen molar-refractivity contribution in [1.82, 2.24) is 9.62 Å². The molecule has 126 valence electrons. The van der Waals surface area contributed by atoms with Crippen LogP contribution in [-0.2, 0) is 19.6 Å². The molecular formula is C14H19N3O5S. The first-order chi connectivity index (χ1) is 10.9. The van der Waals surface area contributed by atoms with Gasteiger partial charge in [0.2, 0.25) is 0 Å². The van der Waals surface area contributed by atoms with Crippen molar-refractivity contribution in [2.45, 2.75) is 29.8 Å². The standard InChI is InChI=1S/C14H19N3O5S/c15-9-12(14(19)20)17(13(18)11-7-4-8-16-11)23(21,22)10-5-2-1-3-6-10/h1-3,5-6,11-12,16H,4,7-9,15H2,(H,19,20)/t11-,12-/m0/s1. The summed E-state index contributed by atoms with van der Waals surface area (Å²) in [6.07, 6.45) is 1.17. The predicted octanol–water partition coefficient (Wildman–Crippen LogP) is -0.632. The molecule has 9 heteroatoms. The van der Waals surface area contributed by atoms with Crippen LogP contribution in [0.5, 0.6) is 0 Å². The number of hydrogen-bond acceptors (Lipinski definition) is 6. The molecule has 1 aromatic rings. The molecule has 23 heavy (non-hydrogen) atoms. The Labute approximate surface area is 134 Å². The van der Waals surface area contributed by atoms with Crippen LogP contribution >= 0.6 is 0 Å². The molecule has 0 bridgehead atoms. The van der Waals surface area contributed by atoms with E-state index in [-0.39, 0.29) is 4.90 Å². The molecule has 0 saturated carbocycles. The van der Waals surface area contributed by atoms with Crippen molar-refractivity contribution in [3.05, 3.63) is 30.3 Å². The lowest BCUT2D eigenvalue weighted by molar-refractivity contribution is -0.146. The molecule has 1 fully saturated rings. The number of nitrogens with zero attached hydrogens (tertiary/aromatic N) is 1. The Morgan fingerprint density at radius 1 is 1.35 bits per heavy atom. The molecule has 1 aliphatic heterocycles. The highest BCUT2D eigenvalue weighted by atomic mass is 32.2. The Bertz CT molecular complexity index is 671. The molecule has 0 aromatic heterocycles. The SMILES string of the molecule is NC[C@@H](C(=O)O)N(C(=O)[C@@H]1CCCN1)S(=O)(=O)c1ccccc1. The van der Waals surface area contributed by atoms with Crippen molar-refractivity contribution < 1.29 is 23.1 Å². The number of carboxylic acid groups (broad SMARTS) is 1. The van der Waals surface area contributed by atoms with E-state index in [1.807, 2.05) is 0 Å². The molecule has 8 nitrogen and oxygen atoms in total. The Morgan fingerprint density at radius 3 is 2.48 bits per heavy atom. The smallest absolute Gasteiger partial charge is 0.328 e. The minimum atomic E-state index is -4.31. The Morgan fingerprint density at radius 2 is 2.00 bits per heavy atom. The summed E-state index contributed by atoms with van der Waals surface area (Å²) in [5, 5.41) is 12.2. The first-order valence-corrected chi connectivity index (χ1v) is 8.63. The first-order valence-electron chi connectivity index (χ1n) is 7.19. The Balaban J connectivity index is 2.48. The van der Waals surface area contributed by atoms with Crippen LogP contribution in [0.25, 0.3) is 0 Å². The lowest BCUT2D eigenvalue weighted by atomic mass is 10.2. The van der Waals surface area contributed by atoms with Gasteiger partial charge in [-0.15, -0.1) is 0 Å². The molecule has 1 heterocycles. The fourth-order valence-electron chi connectivity index (χ4n) is 2.49. The summed E-state index contributed by atoms with van der Waals surface area (Å²) in [6, 6.07) is 4.89. The minimum absolute atomic E-state index is 0.147. The number of nitrogens with one attached hydrogen (secondary N) is 1. The van der Waals surface area contributed by atoms with E-state index in [4.69, 9.17) is 5.73 Å². The molecule has 0 spiro atoms. The van der Waals surface area contributed by atoms with Gasteiger partial charge in [0.15, 0.2) is 6.04 Å². The van der Waals surface area contributed by atoms with Crippen LogP contribution in [0.1, 0.15) is 12.8 Å². The van der Waals surface area contributed by atoms with Crippen molar-refractivity contribution in [3.8, 4) is 0 Å². The van der Waals surface area contributed by atoms with E-state index < -0.39 is 40.5 Å². The largest absolute Gasteiger partial charge is 0.480 e. The average Bonchev–Trinajstić information content (AvgIpc) is 3.06. The maximum absolute atomic E-state index is 12.8. The van der Waals surface area contributed by atoms with Gasteiger partial charge in [0.25, 0.3) is 15.9 Å². The van der Waals surface area contributed by atoms with E-state index in [0.717, 1.165) is 6.42 Å². The third-order valence-electron chi connectivity index (χ3n) is 3.67. The number of carbonyl (C=O) groups excluding carboxylic acids is 1. The van der Waals surface area contributed by atoms with E-state index in [1.165, 1.54) is 24.3 Å². The summed E-state index contributed by atoms with van der Waals surface area (Å²) in [4.78, 5) is 23.9. The summed E-state index contributed by atoms with van der Waals surface area (Å²) in [5.74, 6) is -2.25. The lowest BCUT2D eigenvalue weighted by Gasteiger charge is -2.29. The van der Waals surface area contributed by atoms with Gasteiger partial charge in [-0.05, 0) is 31.5 Å². The number of benzene rings is 1. The Kier molecular flexibility index (Phi) is 5.34. The minimum Gasteiger partial charge on any atom is -0.480 e. The second-order valence-corrected chi connectivity index (χ2v) is 7.01. The lowest BCUT2D eigenvalue weighted by Crippen LogP contribution is -2.56. The van der Waals surface area contributed by atoms with E-state index in [0.29, 0.717) is 17.3 Å².